The molecule has 0 unspecified atom stereocenters. The van der Waals surface area contributed by atoms with Gasteiger partial charge in [0.05, 0.1) is 11.5 Å². The molecule has 0 heterocycles. The summed E-state index contributed by atoms with van der Waals surface area (Å²) >= 11 is 8.09. The number of nitrogens with two attached hydrogens (primary N) is 1. The van der Waals surface area contributed by atoms with Crippen LogP contribution in [-0.2, 0) is 9.59 Å². The number of nitrogens with one attached hydrogen (secondary N) is 1. The van der Waals surface area contributed by atoms with Crippen molar-refractivity contribution in [2.24, 2.45) is 16.0 Å². The summed E-state index contributed by atoms with van der Waals surface area (Å²) in [6, 6.07) is 19.4. The van der Waals surface area contributed by atoms with Crippen LogP contribution in [0.4, 0.5) is 0 Å². The molecule has 0 fully saturated rings. The van der Waals surface area contributed by atoms with E-state index in [4.69, 9.17) is 28.4 Å². The topological polar surface area (TPSA) is 170 Å². The maximum Gasteiger partial charge on any atom is 0.231 e. The minimum absolute atomic E-state index is 0.0537. The van der Waals surface area contributed by atoms with Gasteiger partial charge in [-0.25, -0.2) is 0 Å². The lowest BCUT2D eigenvalue weighted by Gasteiger charge is -2.02. The van der Waals surface area contributed by atoms with Crippen molar-refractivity contribution in [3.63, 3.8) is 0 Å². The minimum Gasteiger partial charge on any atom is -0.355 e. The molecule has 176 valence electrons. The average molecular weight is 509 g/mol. The fourth-order valence-corrected chi connectivity index (χ4v) is 3.31. The molecule has 0 atom stereocenters. The molecule has 0 saturated carbocycles. The molecule has 0 spiro atoms. The summed E-state index contributed by atoms with van der Waals surface area (Å²) < 4.78 is 0. The first-order chi connectivity index (χ1) is 16.0. The molecule has 33 heavy (non-hydrogen) atoms. The second kappa shape index (κ2) is 22.3. The Bertz CT molecular complexity index is 893. The summed E-state index contributed by atoms with van der Waals surface area (Å²) in [5.74, 6) is 0.660. The standard InChI is InChI=1S/C10H12N4OS.C8H7ClOS.C2H6N4/c11-14-13-7-6-12-10(15)8-16-9-4-2-1-3-5-9;9-8(10)6-11-7-4-2-1-3-5-7;3-1-2-5-6-4/h1-5H,6-8H2,(H,12,15);1-5H,6H2;1-3H2. The van der Waals surface area contributed by atoms with Gasteiger partial charge in [-0.3, -0.25) is 9.59 Å². The van der Waals surface area contributed by atoms with E-state index >= 15 is 0 Å². The monoisotopic (exact) mass is 508 g/mol. The van der Waals surface area contributed by atoms with Gasteiger partial charge < -0.3 is 11.1 Å². The molecule has 0 aliphatic carbocycles. The van der Waals surface area contributed by atoms with Crippen molar-refractivity contribution >= 4 is 46.3 Å². The van der Waals surface area contributed by atoms with Crippen molar-refractivity contribution in [2.45, 2.75) is 9.79 Å². The van der Waals surface area contributed by atoms with Gasteiger partial charge in [-0.05, 0) is 53.5 Å². The normalized spacial score (nSPS) is 8.91. The smallest absolute Gasteiger partial charge is 0.231 e. The van der Waals surface area contributed by atoms with E-state index in [1.807, 2.05) is 60.7 Å². The van der Waals surface area contributed by atoms with Gasteiger partial charge >= 0.3 is 0 Å². The summed E-state index contributed by atoms with van der Waals surface area (Å²) in [7, 11) is 0. The number of hydrogen-bond donors (Lipinski definition) is 2. The summed E-state index contributed by atoms with van der Waals surface area (Å²) in [5.41, 5.74) is 20.6. The third-order valence-electron chi connectivity index (χ3n) is 3.10. The largest absolute Gasteiger partial charge is 0.355 e. The lowest BCUT2D eigenvalue weighted by Crippen LogP contribution is -2.27. The van der Waals surface area contributed by atoms with Crippen LogP contribution in [0.2, 0.25) is 0 Å². The van der Waals surface area contributed by atoms with Crippen molar-refractivity contribution in [1.29, 1.82) is 0 Å². The van der Waals surface area contributed by atoms with Crippen molar-refractivity contribution < 1.29 is 9.59 Å². The number of carbonyl (C=O) groups excluding carboxylic acids is 2. The molecule has 0 aliphatic rings. The predicted molar refractivity (Wildman–Crippen MR) is 135 cm³/mol. The van der Waals surface area contributed by atoms with E-state index < -0.39 is 0 Å². The highest BCUT2D eigenvalue weighted by atomic mass is 35.5. The maximum absolute atomic E-state index is 11.3. The zero-order chi connectivity index (χ0) is 24.6. The number of carbonyl (C=O) groups is 2. The third-order valence-corrected chi connectivity index (χ3v) is 5.41. The Morgan fingerprint density at radius 2 is 1.36 bits per heavy atom. The van der Waals surface area contributed by atoms with Gasteiger partial charge in [-0.15, -0.1) is 23.5 Å². The highest BCUT2D eigenvalue weighted by molar-refractivity contribution is 8.00. The van der Waals surface area contributed by atoms with E-state index in [1.165, 1.54) is 23.5 Å². The van der Waals surface area contributed by atoms with Crippen molar-refractivity contribution in [3.05, 3.63) is 81.5 Å². The number of azide groups is 2. The molecule has 0 saturated heterocycles. The molecular weight excluding hydrogens is 484 g/mol. The first kappa shape index (κ1) is 30.1. The van der Waals surface area contributed by atoms with Gasteiger partial charge in [0.25, 0.3) is 0 Å². The van der Waals surface area contributed by atoms with Gasteiger partial charge in [0.1, 0.15) is 0 Å². The van der Waals surface area contributed by atoms with Crippen LogP contribution in [0.3, 0.4) is 0 Å². The highest BCUT2D eigenvalue weighted by Crippen LogP contribution is 2.17. The molecule has 2 aromatic rings. The van der Waals surface area contributed by atoms with Gasteiger partial charge in [0.2, 0.25) is 11.1 Å². The van der Waals surface area contributed by atoms with Crippen LogP contribution in [0.15, 0.2) is 80.7 Å². The molecule has 3 N–H and O–H groups in total. The van der Waals surface area contributed by atoms with Crippen LogP contribution in [0, 0.1) is 0 Å². The summed E-state index contributed by atoms with van der Waals surface area (Å²) in [6.07, 6.45) is 0. The summed E-state index contributed by atoms with van der Waals surface area (Å²) in [6.45, 7) is 1.51. The van der Waals surface area contributed by atoms with Crippen LogP contribution in [0.5, 0.6) is 0 Å². The number of thioether (sulfide) groups is 2. The number of halogens is 1. The second-order valence-electron chi connectivity index (χ2n) is 5.61. The van der Waals surface area contributed by atoms with Gasteiger partial charge in [-0.2, -0.15) is 0 Å². The van der Waals surface area contributed by atoms with Crippen molar-refractivity contribution in [1.82, 2.24) is 5.32 Å². The number of rotatable bonds is 11. The Morgan fingerprint density at radius 3 is 1.79 bits per heavy atom. The third kappa shape index (κ3) is 20.8. The molecule has 0 aromatic heterocycles. The Morgan fingerprint density at radius 1 is 0.879 bits per heavy atom. The van der Waals surface area contributed by atoms with Gasteiger partial charge in [-0.1, -0.05) is 46.6 Å². The molecule has 0 bridgehead atoms. The molecule has 2 aromatic carbocycles. The lowest BCUT2D eigenvalue weighted by molar-refractivity contribution is -0.118. The molecule has 2 rings (SSSR count). The fourth-order valence-electron chi connectivity index (χ4n) is 1.77. The zero-order valence-corrected chi connectivity index (χ0v) is 20.2. The molecule has 13 heteroatoms. The molecule has 10 nitrogen and oxygen atoms in total. The van der Waals surface area contributed by atoms with Crippen LogP contribution >= 0.6 is 35.1 Å². The summed E-state index contributed by atoms with van der Waals surface area (Å²) in [4.78, 5) is 28.9. The maximum atomic E-state index is 11.3. The van der Waals surface area contributed by atoms with Crippen LogP contribution < -0.4 is 11.1 Å². The van der Waals surface area contributed by atoms with Crippen LogP contribution in [0.25, 0.3) is 20.9 Å². The second-order valence-corrected chi connectivity index (χ2v) is 8.13. The van der Waals surface area contributed by atoms with Crippen LogP contribution in [-0.4, -0.2) is 48.8 Å². The molecule has 0 radical (unpaired) electrons. The quantitative estimate of drug-likeness (QED) is 0.108. The van der Waals surface area contributed by atoms with E-state index in [1.54, 1.807) is 0 Å². The molecular formula is C20H25ClN8O2S2. The van der Waals surface area contributed by atoms with E-state index in [0.717, 1.165) is 9.79 Å². The zero-order valence-electron chi connectivity index (χ0n) is 17.8. The number of nitrogens with zero attached hydrogens (tertiary/aromatic N) is 6. The number of amides is 1. The van der Waals surface area contributed by atoms with Crippen molar-refractivity contribution in [2.75, 3.05) is 37.7 Å². The molecule has 1 amide bonds. The minimum atomic E-state index is -0.307. The van der Waals surface area contributed by atoms with E-state index in [2.05, 4.69) is 25.4 Å². The average Bonchev–Trinajstić information content (AvgIpc) is 2.85. The highest BCUT2D eigenvalue weighted by Gasteiger charge is 2.01. The Kier molecular flexibility index (Phi) is 20.4. The number of hydrogen-bond acceptors (Lipinski definition) is 7. The van der Waals surface area contributed by atoms with Gasteiger partial charge in [0, 0.05) is 39.2 Å². The molecule has 0 aliphatic heterocycles. The first-order valence-corrected chi connectivity index (χ1v) is 11.9. The van der Waals surface area contributed by atoms with Crippen molar-refractivity contribution in [3.8, 4) is 0 Å². The summed E-state index contributed by atoms with van der Waals surface area (Å²) in [5, 5.41) is 8.82. The number of benzene rings is 2. The SMILES string of the molecule is O=C(Cl)CSc1ccccc1.[N-]=[N+]=NCCN.[N-]=[N+]=NCCNC(=O)CSc1ccccc1. The van der Waals surface area contributed by atoms with Crippen LogP contribution in [0.1, 0.15) is 0 Å². The van der Waals surface area contributed by atoms with Gasteiger partial charge in [0.15, 0.2) is 0 Å². The fraction of sp³-hybridized carbons (Fsp3) is 0.300. The van der Waals surface area contributed by atoms with E-state index in [0.29, 0.717) is 31.1 Å². The van der Waals surface area contributed by atoms with E-state index in [-0.39, 0.29) is 17.7 Å². The Labute approximate surface area is 205 Å². The Balaban J connectivity index is 0.000000520. The Hall–Kier alpha value is -2.85. The predicted octanol–water partition coefficient (Wildman–Crippen LogP) is 5.00. The lowest BCUT2D eigenvalue weighted by atomic mass is 10.4. The first-order valence-electron chi connectivity index (χ1n) is 9.56. The van der Waals surface area contributed by atoms with E-state index in [9.17, 15) is 9.59 Å².